The van der Waals surface area contributed by atoms with Crippen LogP contribution in [0.15, 0.2) is 115 Å². The molecule has 0 unspecified atom stereocenters. The Bertz CT molecular complexity index is 1180. The van der Waals surface area contributed by atoms with Crippen molar-refractivity contribution in [1.82, 2.24) is 10.7 Å². The van der Waals surface area contributed by atoms with Crippen molar-refractivity contribution < 1.29 is 4.79 Å². The fourth-order valence-corrected chi connectivity index (χ4v) is 9.98. The van der Waals surface area contributed by atoms with Gasteiger partial charge in [0.1, 0.15) is 23.2 Å². The maximum atomic E-state index is 12.3. The van der Waals surface area contributed by atoms with Crippen LogP contribution in [0.4, 0.5) is 5.69 Å². The van der Waals surface area contributed by atoms with E-state index in [1.165, 1.54) is 60.6 Å². The fraction of sp³-hybridized carbons (Fsp3) is 0.306. The Labute approximate surface area is 247 Å². The van der Waals surface area contributed by atoms with Gasteiger partial charge in [0.15, 0.2) is 0 Å². The molecule has 1 amide bonds. The van der Waals surface area contributed by atoms with Crippen LogP contribution in [0.5, 0.6) is 0 Å². The van der Waals surface area contributed by atoms with Crippen LogP contribution in [0.25, 0.3) is 0 Å². The molecule has 0 fully saturated rings. The van der Waals surface area contributed by atoms with Crippen LogP contribution < -0.4 is 32.1 Å². The second kappa shape index (κ2) is 16.7. The Kier molecular flexibility index (Phi) is 12.4. The molecule has 0 saturated carbocycles. The normalized spacial score (nSPS) is 11.2. The summed E-state index contributed by atoms with van der Waals surface area (Å²) in [5.41, 5.74) is 7.53. The molecule has 0 bridgehead atoms. The molecule has 4 aromatic carbocycles. The minimum absolute atomic E-state index is 0.00133. The van der Waals surface area contributed by atoms with Crippen LogP contribution in [-0.4, -0.2) is 25.7 Å². The molecule has 214 valence electrons. The highest BCUT2D eigenvalue weighted by molar-refractivity contribution is 7.95. The third-order valence-electron chi connectivity index (χ3n) is 7.71. The van der Waals surface area contributed by atoms with Crippen LogP contribution in [0.3, 0.4) is 0 Å². The van der Waals surface area contributed by atoms with E-state index in [-0.39, 0.29) is 5.91 Å². The van der Waals surface area contributed by atoms with Gasteiger partial charge >= 0.3 is 0 Å². The van der Waals surface area contributed by atoms with Crippen molar-refractivity contribution in [3.63, 3.8) is 0 Å². The van der Waals surface area contributed by atoms with Gasteiger partial charge in [-0.1, -0.05) is 86.7 Å². The van der Waals surface area contributed by atoms with E-state index in [9.17, 15) is 4.79 Å². The number of hydrogen-bond donors (Lipinski definition) is 3. The first kappa shape index (κ1) is 30.5. The molecule has 0 spiro atoms. The topological polar surface area (TPSA) is 53.2 Å². The molecule has 3 N–H and O–H groups in total. The lowest BCUT2D eigenvalue weighted by atomic mass is 10.1. The van der Waals surface area contributed by atoms with E-state index in [4.69, 9.17) is 0 Å². The summed E-state index contributed by atoms with van der Waals surface area (Å²) in [5, 5.41) is 7.49. The maximum absolute atomic E-state index is 12.3. The summed E-state index contributed by atoms with van der Waals surface area (Å²) in [5.74, 6) is 0.00133. The summed E-state index contributed by atoms with van der Waals surface area (Å²) in [6.45, 7) is 0.736. The zero-order valence-corrected chi connectivity index (χ0v) is 25.3. The summed E-state index contributed by atoms with van der Waals surface area (Å²) < 4.78 is 0. The number of hydrazine groups is 1. The number of nitrogens with one attached hydrogen (secondary N) is 3. The Hall–Kier alpha value is -3.46. The van der Waals surface area contributed by atoms with Crippen LogP contribution in [0, 0.1) is 0 Å². The molecule has 4 nitrogen and oxygen atoms in total. The van der Waals surface area contributed by atoms with Crippen molar-refractivity contribution in [2.45, 2.75) is 51.4 Å². The van der Waals surface area contributed by atoms with Crippen molar-refractivity contribution in [2.75, 3.05) is 25.2 Å². The molecular formula is C36H45N3OP+. The van der Waals surface area contributed by atoms with Gasteiger partial charge in [0.2, 0.25) is 0 Å². The average molecular weight is 567 g/mol. The molecule has 4 aromatic rings. The molecule has 41 heavy (non-hydrogen) atoms. The number of amides is 1. The van der Waals surface area contributed by atoms with E-state index >= 15 is 0 Å². The maximum Gasteiger partial charge on any atom is 0.251 e. The lowest BCUT2D eigenvalue weighted by Gasteiger charge is -2.27. The van der Waals surface area contributed by atoms with Crippen LogP contribution >= 0.6 is 7.26 Å². The SMILES string of the molecule is CNNc1ccc(C(=O)NCCCCCCCCCC[P+](c2ccccc2)(c2ccccc2)c2ccccc2)cc1. The number of unbranched alkanes of at least 4 members (excludes halogenated alkanes) is 7. The minimum atomic E-state index is -1.70. The monoisotopic (exact) mass is 566 g/mol. The molecule has 0 heterocycles. The molecule has 0 aliphatic carbocycles. The molecule has 0 aromatic heterocycles. The van der Waals surface area contributed by atoms with Gasteiger partial charge in [-0.05, 0) is 79.9 Å². The third-order valence-corrected chi connectivity index (χ3v) is 12.2. The lowest BCUT2D eigenvalue weighted by molar-refractivity contribution is 0.0953. The van der Waals surface area contributed by atoms with E-state index in [0.29, 0.717) is 5.56 Å². The highest BCUT2D eigenvalue weighted by atomic mass is 31.2. The molecule has 0 saturated heterocycles. The van der Waals surface area contributed by atoms with E-state index < -0.39 is 7.26 Å². The van der Waals surface area contributed by atoms with Gasteiger partial charge in [0.05, 0.1) is 6.16 Å². The Morgan fingerprint density at radius 2 is 1.00 bits per heavy atom. The van der Waals surface area contributed by atoms with Crippen LogP contribution in [0.2, 0.25) is 0 Å². The molecule has 5 heteroatoms. The predicted molar refractivity (Wildman–Crippen MR) is 178 cm³/mol. The Balaban J connectivity index is 1.19. The van der Waals surface area contributed by atoms with E-state index in [2.05, 4.69) is 107 Å². The van der Waals surface area contributed by atoms with E-state index in [1.807, 2.05) is 31.3 Å². The summed E-state index contributed by atoms with van der Waals surface area (Å²) in [6.07, 6.45) is 11.0. The summed E-state index contributed by atoms with van der Waals surface area (Å²) in [6, 6.07) is 41.1. The van der Waals surface area contributed by atoms with Crippen molar-refractivity contribution in [2.24, 2.45) is 0 Å². The highest BCUT2D eigenvalue weighted by Gasteiger charge is 2.44. The van der Waals surface area contributed by atoms with Gasteiger partial charge in [-0.3, -0.25) is 4.79 Å². The number of anilines is 1. The van der Waals surface area contributed by atoms with Crippen molar-refractivity contribution in [3.8, 4) is 0 Å². The molecule has 0 aliphatic heterocycles. The summed E-state index contributed by atoms with van der Waals surface area (Å²) >= 11 is 0. The number of hydrogen-bond acceptors (Lipinski definition) is 3. The first-order valence-corrected chi connectivity index (χ1v) is 17.1. The number of benzene rings is 4. The number of carbonyl (C=O) groups is 1. The highest BCUT2D eigenvalue weighted by Crippen LogP contribution is 2.56. The Morgan fingerprint density at radius 3 is 1.46 bits per heavy atom. The van der Waals surface area contributed by atoms with Crippen molar-refractivity contribution >= 4 is 34.8 Å². The van der Waals surface area contributed by atoms with Gasteiger partial charge in [-0.2, -0.15) is 0 Å². The van der Waals surface area contributed by atoms with Gasteiger partial charge in [0, 0.05) is 24.8 Å². The second-order valence-corrected chi connectivity index (χ2v) is 14.2. The van der Waals surface area contributed by atoms with Gasteiger partial charge in [-0.25, -0.2) is 5.43 Å². The number of carbonyl (C=O) groups excluding carboxylic acids is 1. The molecule has 4 rings (SSSR count). The standard InChI is InChI=1S/C36H44N3OP/c1-37-39-32-27-25-31(26-28-32)36(40)38-29-17-6-4-2-3-5-7-18-30-41(33-19-11-8-12-20-33,34-21-13-9-14-22-34)35-23-15-10-16-24-35/h8-16,19-28,37H,2-7,17-18,29-30H2,1H3,(H-,38,39,40)/p+1. The molecule has 0 atom stereocenters. The van der Waals surface area contributed by atoms with E-state index in [1.54, 1.807) is 0 Å². The zero-order chi connectivity index (χ0) is 28.6. The molecule has 0 aliphatic rings. The van der Waals surface area contributed by atoms with Gasteiger partial charge in [-0.15, -0.1) is 0 Å². The van der Waals surface area contributed by atoms with Crippen molar-refractivity contribution in [3.05, 3.63) is 121 Å². The smallest absolute Gasteiger partial charge is 0.251 e. The first-order valence-electron chi connectivity index (χ1n) is 15.1. The van der Waals surface area contributed by atoms with Gasteiger partial charge < -0.3 is 10.7 Å². The second-order valence-electron chi connectivity index (χ2n) is 10.6. The molecular weight excluding hydrogens is 521 g/mol. The predicted octanol–water partition coefficient (Wildman–Crippen LogP) is 7.08. The zero-order valence-electron chi connectivity index (χ0n) is 24.4. The van der Waals surface area contributed by atoms with Gasteiger partial charge in [0.25, 0.3) is 5.91 Å². The van der Waals surface area contributed by atoms with Crippen LogP contribution in [0.1, 0.15) is 61.7 Å². The lowest BCUT2D eigenvalue weighted by Crippen LogP contribution is -2.33. The first-order chi connectivity index (χ1) is 20.2. The van der Waals surface area contributed by atoms with Crippen molar-refractivity contribution in [1.29, 1.82) is 0 Å². The van der Waals surface area contributed by atoms with E-state index in [0.717, 1.165) is 25.1 Å². The minimum Gasteiger partial charge on any atom is -0.352 e. The fourth-order valence-electron chi connectivity index (χ4n) is 5.57. The number of rotatable bonds is 17. The summed E-state index contributed by atoms with van der Waals surface area (Å²) in [7, 11) is 0.113. The average Bonchev–Trinajstić information content (AvgIpc) is 3.03. The largest absolute Gasteiger partial charge is 0.352 e. The summed E-state index contributed by atoms with van der Waals surface area (Å²) in [4.78, 5) is 12.3. The quantitative estimate of drug-likeness (QED) is 0.0728. The third kappa shape index (κ3) is 8.76. The molecule has 0 radical (unpaired) electrons. The van der Waals surface area contributed by atoms with Crippen LogP contribution in [-0.2, 0) is 0 Å². The Morgan fingerprint density at radius 1 is 0.561 bits per heavy atom.